The van der Waals surface area contributed by atoms with Crippen LogP contribution in [0.4, 0.5) is 10.5 Å². The normalized spacial score (nSPS) is 10.1. The van der Waals surface area contributed by atoms with Gasteiger partial charge in [-0.3, -0.25) is 0 Å². The van der Waals surface area contributed by atoms with Crippen LogP contribution in [0.1, 0.15) is 11.1 Å². The third kappa shape index (κ3) is 4.97. The zero-order valence-corrected chi connectivity index (χ0v) is 13.4. The number of amides is 2. The maximum Gasteiger partial charge on any atom is 0.319 e. The first-order chi connectivity index (χ1) is 10.5. The van der Waals surface area contributed by atoms with Crippen LogP contribution < -0.4 is 15.4 Å². The van der Waals surface area contributed by atoms with E-state index in [1.807, 2.05) is 50.2 Å². The summed E-state index contributed by atoms with van der Waals surface area (Å²) < 4.78 is 5.61. The predicted octanol–water partition coefficient (Wildman–Crippen LogP) is 4.16. The molecule has 0 aliphatic heterocycles. The minimum Gasteiger partial charge on any atom is -0.491 e. The highest BCUT2D eigenvalue weighted by atomic mass is 35.5. The summed E-state index contributed by atoms with van der Waals surface area (Å²) in [6.45, 7) is 4.72. The van der Waals surface area contributed by atoms with Crippen molar-refractivity contribution in [2.24, 2.45) is 0 Å². The fourth-order valence-corrected chi connectivity index (χ4v) is 2.23. The van der Waals surface area contributed by atoms with Crippen molar-refractivity contribution in [3.8, 4) is 5.75 Å². The van der Waals surface area contributed by atoms with Crippen molar-refractivity contribution in [3.63, 3.8) is 0 Å². The molecule has 0 fully saturated rings. The maximum absolute atomic E-state index is 11.8. The van der Waals surface area contributed by atoms with E-state index >= 15 is 0 Å². The average Bonchev–Trinajstić information content (AvgIpc) is 2.45. The number of hydrogen-bond donors (Lipinski definition) is 2. The van der Waals surface area contributed by atoms with E-state index in [1.165, 1.54) is 0 Å². The van der Waals surface area contributed by atoms with E-state index in [9.17, 15) is 4.79 Å². The van der Waals surface area contributed by atoms with Gasteiger partial charge in [-0.2, -0.15) is 0 Å². The van der Waals surface area contributed by atoms with Crippen LogP contribution in [0, 0.1) is 13.8 Å². The van der Waals surface area contributed by atoms with Crippen LogP contribution in [0.2, 0.25) is 5.02 Å². The zero-order valence-electron chi connectivity index (χ0n) is 12.7. The van der Waals surface area contributed by atoms with Crippen molar-refractivity contribution in [1.29, 1.82) is 0 Å². The van der Waals surface area contributed by atoms with E-state index < -0.39 is 0 Å². The van der Waals surface area contributed by atoms with Gasteiger partial charge in [-0.1, -0.05) is 23.7 Å². The number of nitrogens with one attached hydrogen (secondary N) is 2. The number of halogens is 1. The van der Waals surface area contributed by atoms with Gasteiger partial charge in [0.25, 0.3) is 0 Å². The van der Waals surface area contributed by atoms with E-state index in [-0.39, 0.29) is 6.03 Å². The molecule has 0 aliphatic carbocycles. The molecule has 0 heterocycles. The fraction of sp³-hybridized carbons (Fsp3) is 0.235. The first-order valence-electron chi connectivity index (χ1n) is 7.05. The van der Waals surface area contributed by atoms with E-state index in [0.717, 1.165) is 22.6 Å². The van der Waals surface area contributed by atoms with Gasteiger partial charge < -0.3 is 15.4 Å². The maximum atomic E-state index is 11.8. The lowest BCUT2D eigenvalue weighted by molar-refractivity contribution is 0.247. The van der Waals surface area contributed by atoms with Crippen molar-refractivity contribution < 1.29 is 9.53 Å². The molecule has 0 unspecified atom stereocenters. The molecule has 2 amide bonds. The molecule has 0 atom stereocenters. The Labute approximate surface area is 135 Å². The van der Waals surface area contributed by atoms with Crippen molar-refractivity contribution in [3.05, 3.63) is 58.6 Å². The third-order valence-corrected chi connectivity index (χ3v) is 3.29. The van der Waals surface area contributed by atoms with E-state index in [2.05, 4.69) is 10.6 Å². The van der Waals surface area contributed by atoms with Gasteiger partial charge in [0.05, 0.1) is 6.54 Å². The smallest absolute Gasteiger partial charge is 0.319 e. The van der Waals surface area contributed by atoms with Gasteiger partial charge in [0.2, 0.25) is 0 Å². The summed E-state index contributed by atoms with van der Waals surface area (Å²) >= 11 is 5.89. The van der Waals surface area contributed by atoms with Crippen molar-refractivity contribution in [2.45, 2.75) is 13.8 Å². The van der Waals surface area contributed by atoms with Crippen LogP contribution >= 0.6 is 11.6 Å². The minimum absolute atomic E-state index is 0.248. The number of carbonyl (C=O) groups excluding carboxylic acids is 1. The molecule has 2 aromatic rings. The topological polar surface area (TPSA) is 50.4 Å². The lowest BCUT2D eigenvalue weighted by Crippen LogP contribution is -2.32. The highest BCUT2D eigenvalue weighted by Crippen LogP contribution is 2.21. The standard InChI is InChI=1S/C17H19ClN2O2/c1-12-4-3-5-15(10-12)20-17(21)19-8-9-22-16-7-6-14(18)11-13(16)2/h3-7,10-11H,8-9H2,1-2H3,(H2,19,20,21). The molecule has 0 aromatic heterocycles. The molecule has 0 saturated heterocycles. The van der Waals surface area contributed by atoms with Crippen molar-refractivity contribution in [1.82, 2.24) is 5.32 Å². The number of urea groups is 1. The quantitative estimate of drug-likeness (QED) is 0.813. The summed E-state index contributed by atoms with van der Waals surface area (Å²) in [5.74, 6) is 0.769. The summed E-state index contributed by atoms with van der Waals surface area (Å²) in [6, 6.07) is 12.8. The van der Waals surface area contributed by atoms with Crippen LogP contribution in [0.25, 0.3) is 0 Å². The van der Waals surface area contributed by atoms with E-state index in [0.29, 0.717) is 18.2 Å². The summed E-state index contributed by atoms with van der Waals surface area (Å²) in [5, 5.41) is 6.21. The Hall–Kier alpha value is -2.20. The number of hydrogen-bond acceptors (Lipinski definition) is 2. The largest absolute Gasteiger partial charge is 0.491 e. The summed E-state index contributed by atoms with van der Waals surface area (Å²) in [6.07, 6.45) is 0. The molecular weight excluding hydrogens is 300 g/mol. The second kappa shape index (κ2) is 7.71. The molecule has 2 rings (SSSR count). The Morgan fingerprint density at radius 3 is 2.73 bits per heavy atom. The molecule has 22 heavy (non-hydrogen) atoms. The third-order valence-electron chi connectivity index (χ3n) is 3.06. The molecule has 2 N–H and O–H groups in total. The van der Waals surface area contributed by atoms with Crippen LogP contribution in [-0.2, 0) is 0 Å². The summed E-state index contributed by atoms with van der Waals surface area (Å²) in [5.41, 5.74) is 2.84. The first kappa shape index (κ1) is 16.2. The molecule has 0 bridgehead atoms. The Morgan fingerprint density at radius 2 is 2.00 bits per heavy atom. The second-order valence-electron chi connectivity index (χ2n) is 5.01. The molecular formula is C17H19ClN2O2. The van der Waals surface area contributed by atoms with Crippen LogP contribution in [0.3, 0.4) is 0 Å². The molecule has 5 heteroatoms. The molecule has 0 saturated carbocycles. The van der Waals surface area contributed by atoms with E-state index in [1.54, 1.807) is 6.07 Å². The lowest BCUT2D eigenvalue weighted by Gasteiger charge is -2.11. The summed E-state index contributed by atoms with van der Waals surface area (Å²) in [4.78, 5) is 11.8. The van der Waals surface area contributed by atoms with Gasteiger partial charge in [-0.05, 0) is 55.3 Å². The molecule has 116 valence electrons. The van der Waals surface area contributed by atoms with Crippen LogP contribution in [-0.4, -0.2) is 19.2 Å². The van der Waals surface area contributed by atoms with Crippen molar-refractivity contribution in [2.75, 3.05) is 18.5 Å². The SMILES string of the molecule is Cc1cccc(NC(=O)NCCOc2ccc(Cl)cc2C)c1. The van der Waals surface area contributed by atoms with Gasteiger partial charge in [0.1, 0.15) is 12.4 Å². The highest BCUT2D eigenvalue weighted by molar-refractivity contribution is 6.30. The Balaban J connectivity index is 1.73. The Bertz CT molecular complexity index is 659. The molecule has 2 aromatic carbocycles. The number of anilines is 1. The lowest BCUT2D eigenvalue weighted by atomic mass is 10.2. The molecule has 0 radical (unpaired) electrons. The van der Waals surface area contributed by atoms with Crippen LogP contribution in [0.5, 0.6) is 5.75 Å². The van der Waals surface area contributed by atoms with Crippen LogP contribution in [0.15, 0.2) is 42.5 Å². The Kier molecular flexibility index (Phi) is 5.67. The Morgan fingerprint density at radius 1 is 1.18 bits per heavy atom. The highest BCUT2D eigenvalue weighted by Gasteiger charge is 2.03. The molecule has 0 spiro atoms. The van der Waals surface area contributed by atoms with Gasteiger partial charge in [-0.15, -0.1) is 0 Å². The molecule has 4 nitrogen and oxygen atoms in total. The monoisotopic (exact) mass is 318 g/mol. The fourth-order valence-electron chi connectivity index (χ4n) is 2.00. The van der Waals surface area contributed by atoms with Gasteiger partial charge in [0, 0.05) is 10.7 Å². The minimum atomic E-state index is -0.248. The predicted molar refractivity (Wildman–Crippen MR) is 89.9 cm³/mol. The van der Waals surface area contributed by atoms with Crippen molar-refractivity contribution >= 4 is 23.3 Å². The first-order valence-corrected chi connectivity index (χ1v) is 7.43. The number of rotatable bonds is 5. The van der Waals surface area contributed by atoms with Gasteiger partial charge in [-0.25, -0.2) is 4.79 Å². The average molecular weight is 319 g/mol. The zero-order chi connectivity index (χ0) is 15.9. The number of ether oxygens (including phenoxy) is 1. The van der Waals surface area contributed by atoms with Gasteiger partial charge >= 0.3 is 6.03 Å². The van der Waals surface area contributed by atoms with E-state index in [4.69, 9.17) is 16.3 Å². The van der Waals surface area contributed by atoms with Gasteiger partial charge in [0.15, 0.2) is 0 Å². The number of benzene rings is 2. The summed E-state index contributed by atoms with van der Waals surface area (Å²) in [7, 11) is 0. The number of carbonyl (C=O) groups is 1. The number of aryl methyl sites for hydroxylation is 2. The second-order valence-corrected chi connectivity index (χ2v) is 5.45. The molecule has 0 aliphatic rings.